The molecule has 0 fully saturated rings. The first-order valence-electron chi connectivity index (χ1n) is 6.20. The summed E-state index contributed by atoms with van der Waals surface area (Å²) in [7, 11) is 0. The summed E-state index contributed by atoms with van der Waals surface area (Å²) < 4.78 is 18.8. The largest absolute Gasteiger partial charge is 0.491 e. The van der Waals surface area contributed by atoms with Gasteiger partial charge in [-0.15, -0.1) is 0 Å². The molecule has 0 aliphatic heterocycles. The van der Waals surface area contributed by atoms with E-state index in [0.29, 0.717) is 18.3 Å². The molecule has 0 aromatic heterocycles. The van der Waals surface area contributed by atoms with E-state index in [1.54, 1.807) is 12.1 Å². The lowest BCUT2D eigenvalue weighted by Gasteiger charge is -2.16. The van der Waals surface area contributed by atoms with Crippen LogP contribution in [0.2, 0.25) is 0 Å². The molecule has 0 amide bonds. The maximum Gasteiger partial charge on any atom is 0.165 e. The normalized spacial score (nSPS) is 12.8. The van der Waals surface area contributed by atoms with Crippen LogP contribution in [-0.2, 0) is 0 Å². The number of rotatable bonds is 6. The lowest BCUT2D eigenvalue weighted by Crippen LogP contribution is -2.23. The van der Waals surface area contributed by atoms with E-state index in [1.165, 1.54) is 0 Å². The van der Waals surface area contributed by atoms with Crippen LogP contribution in [0.1, 0.15) is 39.3 Å². The third kappa shape index (κ3) is 4.35. The molecular formula is C14H22FNO. The molecule has 0 spiro atoms. The van der Waals surface area contributed by atoms with Gasteiger partial charge in [-0.2, -0.15) is 0 Å². The van der Waals surface area contributed by atoms with Crippen LogP contribution in [0.25, 0.3) is 0 Å². The van der Waals surface area contributed by atoms with Gasteiger partial charge in [0.1, 0.15) is 0 Å². The van der Waals surface area contributed by atoms with E-state index in [9.17, 15) is 4.39 Å². The van der Waals surface area contributed by atoms with Crippen LogP contribution in [-0.4, -0.2) is 13.2 Å². The highest BCUT2D eigenvalue weighted by Gasteiger charge is 2.09. The van der Waals surface area contributed by atoms with Gasteiger partial charge in [0.2, 0.25) is 0 Å². The topological polar surface area (TPSA) is 21.3 Å². The van der Waals surface area contributed by atoms with Gasteiger partial charge in [-0.3, -0.25) is 0 Å². The molecule has 2 nitrogen and oxygen atoms in total. The van der Waals surface area contributed by atoms with Crippen LogP contribution in [0.5, 0.6) is 5.75 Å². The molecule has 0 unspecified atom stereocenters. The van der Waals surface area contributed by atoms with E-state index < -0.39 is 0 Å². The minimum absolute atomic E-state index is 0.155. The van der Waals surface area contributed by atoms with E-state index in [0.717, 1.165) is 12.1 Å². The van der Waals surface area contributed by atoms with Gasteiger partial charge in [-0.25, -0.2) is 4.39 Å². The van der Waals surface area contributed by atoms with Crippen molar-refractivity contribution in [2.45, 2.75) is 33.7 Å². The van der Waals surface area contributed by atoms with E-state index in [4.69, 9.17) is 4.74 Å². The Bertz CT molecular complexity index is 352. The molecule has 0 saturated heterocycles. The maximum atomic E-state index is 13.6. The number of hydrogen-bond donors (Lipinski definition) is 1. The Morgan fingerprint density at radius 1 is 1.29 bits per heavy atom. The number of ether oxygens (including phenoxy) is 1. The second-order valence-electron chi connectivity index (χ2n) is 4.65. The second kappa shape index (κ2) is 6.60. The van der Waals surface area contributed by atoms with Crippen molar-refractivity contribution in [3.63, 3.8) is 0 Å². The average Bonchev–Trinajstić information content (AvgIpc) is 2.28. The Morgan fingerprint density at radius 2 is 2.00 bits per heavy atom. The average molecular weight is 239 g/mol. The van der Waals surface area contributed by atoms with Gasteiger partial charge in [0.25, 0.3) is 0 Å². The van der Waals surface area contributed by atoms with Crippen LogP contribution < -0.4 is 10.1 Å². The van der Waals surface area contributed by atoms with Gasteiger partial charge < -0.3 is 10.1 Å². The molecule has 0 radical (unpaired) electrons. The zero-order chi connectivity index (χ0) is 12.8. The summed E-state index contributed by atoms with van der Waals surface area (Å²) in [6, 6.07) is 5.30. The monoisotopic (exact) mass is 239 g/mol. The first kappa shape index (κ1) is 14.0. The Labute approximate surface area is 103 Å². The molecular weight excluding hydrogens is 217 g/mol. The van der Waals surface area contributed by atoms with Crippen molar-refractivity contribution in [2.75, 3.05) is 13.2 Å². The molecule has 0 bridgehead atoms. The van der Waals surface area contributed by atoms with Gasteiger partial charge in [0.05, 0.1) is 6.61 Å². The van der Waals surface area contributed by atoms with Crippen molar-refractivity contribution in [2.24, 2.45) is 5.92 Å². The third-order valence-corrected chi connectivity index (χ3v) is 2.59. The quantitative estimate of drug-likeness (QED) is 0.820. The molecule has 1 aromatic rings. The molecule has 96 valence electrons. The van der Waals surface area contributed by atoms with Crippen LogP contribution in [0.4, 0.5) is 4.39 Å². The highest BCUT2D eigenvalue weighted by molar-refractivity contribution is 5.30. The second-order valence-corrected chi connectivity index (χ2v) is 4.65. The van der Waals surface area contributed by atoms with Crippen LogP contribution >= 0.6 is 0 Å². The van der Waals surface area contributed by atoms with E-state index in [1.807, 2.05) is 19.9 Å². The summed E-state index contributed by atoms with van der Waals surface area (Å²) in [5.74, 6) is 0.625. The van der Waals surface area contributed by atoms with Crippen molar-refractivity contribution in [3.8, 4) is 5.75 Å². The zero-order valence-electron chi connectivity index (χ0n) is 11.1. The maximum absolute atomic E-state index is 13.6. The molecule has 1 N–H and O–H groups in total. The molecule has 1 aromatic carbocycles. The highest BCUT2D eigenvalue weighted by atomic mass is 19.1. The molecule has 0 aliphatic carbocycles. The minimum Gasteiger partial charge on any atom is -0.491 e. The van der Waals surface area contributed by atoms with E-state index >= 15 is 0 Å². The number of nitrogens with one attached hydrogen (secondary N) is 1. The SMILES string of the molecule is CCOc1ccc([C@@H](C)NCC(C)C)cc1F. The van der Waals surface area contributed by atoms with Gasteiger partial charge in [-0.1, -0.05) is 19.9 Å². The van der Waals surface area contributed by atoms with E-state index in [-0.39, 0.29) is 11.9 Å². The first-order valence-corrected chi connectivity index (χ1v) is 6.20. The zero-order valence-corrected chi connectivity index (χ0v) is 11.1. The van der Waals surface area contributed by atoms with Crippen molar-refractivity contribution < 1.29 is 9.13 Å². The van der Waals surface area contributed by atoms with Crippen molar-refractivity contribution >= 4 is 0 Å². The fourth-order valence-corrected chi connectivity index (χ4v) is 1.59. The van der Waals surface area contributed by atoms with Crippen LogP contribution in [0, 0.1) is 11.7 Å². The highest BCUT2D eigenvalue weighted by Crippen LogP contribution is 2.22. The van der Waals surface area contributed by atoms with Gasteiger partial charge in [-0.05, 0) is 44.0 Å². The molecule has 0 saturated carbocycles. The summed E-state index contributed by atoms with van der Waals surface area (Å²) in [6.45, 7) is 9.60. The molecule has 17 heavy (non-hydrogen) atoms. The lowest BCUT2D eigenvalue weighted by molar-refractivity contribution is 0.321. The molecule has 3 heteroatoms. The fraction of sp³-hybridized carbons (Fsp3) is 0.571. The predicted octanol–water partition coefficient (Wildman–Crippen LogP) is 3.53. The predicted molar refractivity (Wildman–Crippen MR) is 68.8 cm³/mol. The number of hydrogen-bond acceptors (Lipinski definition) is 2. The van der Waals surface area contributed by atoms with Crippen molar-refractivity contribution in [1.82, 2.24) is 5.32 Å². The molecule has 1 atom stereocenters. The van der Waals surface area contributed by atoms with Crippen molar-refractivity contribution in [3.05, 3.63) is 29.6 Å². The third-order valence-electron chi connectivity index (χ3n) is 2.59. The summed E-state index contributed by atoms with van der Waals surface area (Å²) >= 11 is 0. The number of benzene rings is 1. The van der Waals surface area contributed by atoms with Gasteiger partial charge in [0.15, 0.2) is 11.6 Å². The van der Waals surface area contributed by atoms with Crippen LogP contribution in [0.15, 0.2) is 18.2 Å². The summed E-state index contributed by atoms with van der Waals surface area (Å²) in [5, 5.41) is 3.37. The lowest BCUT2D eigenvalue weighted by atomic mass is 10.1. The Balaban J connectivity index is 2.68. The first-order chi connectivity index (χ1) is 8.04. The number of halogens is 1. The standard InChI is InChI=1S/C14H22FNO/c1-5-17-14-7-6-12(8-13(14)15)11(4)16-9-10(2)3/h6-8,10-11,16H,5,9H2,1-4H3/t11-/m1/s1. The van der Waals surface area contributed by atoms with Crippen LogP contribution in [0.3, 0.4) is 0 Å². The molecule has 0 heterocycles. The van der Waals surface area contributed by atoms with Gasteiger partial charge >= 0.3 is 0 Å². The summed E-state index contributed by atoms with van der Waals surface area (Å²) in [6.07, 6.45) is 0. The summed E-state index contributed by atoms with van der Waals surface area (Å²) in [5.41, 5.74) is 0.951. The fourth-order valence-electron chi connectivity index (χ4n) is 1.59. The Hall–Kier alpha value is -1.09. The Morgan fingerprint density at radius 3 is 2.53 bits per heavy atom. The Kier molecular flexibility index (Phi) is 5.42. The minimum atomic E-state index is -0.289. The molecule has 0 aliphatic rings. The van der Waals surface area contributed by atoms with Crippen molar-refractivity contribution in [1.29, 1.82) is 0 Å². The summed E-state index contributed by atoms with van der Waals surface area (Å²) in [4.78, 5) is 0. The molecule has 1 rings (SSSR count). The van der Waals surface area contributed by atoms with Gasteiger partial charge in [0, 0.05) is 6.04 Å². The van der Waals surface area contributed by atoms with E-state index in [2.05, 4.69) is 19.2 Å². The smallest absolute Gasteiger partial charge is 0.165 e.